The number of benzene rings is 2. The molecule has 1 saturated heterocycles. The Bertz CT molecular complexity index is 946. The van der Waals surface area contributed by atoms with E-state index in [1.165, 1.54) is 20.2 Å². The van der Waals surface area contributed by atoms with Crippen molar-refractivity contribution >= 4 is 33.1 Å². The van der Waals surface area contributed by atoms with Gasteiger partial charge in [0.2, 0.25) is 0 Å². The first-order valence-corrected chi connectivity index (χ1v) is 10.9. The summed E-state index contributed by atoms with van der Waals surface area (Å²) in [7, 11) is 0. The summed E-state index contributed by atoms with van der Waals surface area (Å²) >= 11 is 1.83. The fourth-order valence-electron chi connectivity index (χ4n) is 4.30. The summed E-state index contributed by atoms with van der Waals surface area (Å²) < 4.78 is 1.27. The molecule has 0 radical (unpaired) electrons. The number of carbonyl (C=O) groups excluding carboxylic acids is 1. The Labute approximate surface area is 170 Å². The average molecular weight is 395 g/mol. The van der Waals surface area contributed by atoms with Crippen LogP contribution in [0.15, 0.2) is 36.4 Å². The molecule has 28 heavy (non-hydrogen) atoms. The van der Waals surface area contributed by atoms with Crippen molar-refractivity contribution in [3.63, 3.8) is 0 Å². The second kappa shape index (κ2) is 8.02. The lowest BCUT2D eigenvalue weighted by Crippen LogP contribution is -3.14. The summed E-state index contributed by atoms with van der Waals surface area (Å²) in [4.78, 5) is 18.8. The van der Waals surface area contributed by atoms with Gasteiger partial charge in [-0.1, -0.05) is 29.8 Å². The van der Waals surface area contributed by atoms with Gasteiger partial charge in [0.25, 0.3) is 5.91 Å². The molecule has 0 spiro atoms. The highest BCUT2D eigenvalue weighted by Gasteiger charge is 2.27. The highest BCUT2D eigenvalue weighted by molar-refractivity contribution is 7.18. The number of hydrogen-bond acceptors (Lipinski definition) is 3. The number of amides is 1. The van der Waals surface area contributed by atoms with Crippen LogP contribution < -0.4 is 10.2 Å². The smallest absolute Gasteiger partial charge is 0.279 e. The normalized spacial score (nSPS) is 19.7. The van der Waals surface area contributed by atoms with Crippen molar-refractivity contribution in [2.24, 2.45) is 0 Å². The van der Waals surface area contributed by atoms with Gasteiger partial charge >= 0.3 is 0 Å². The SMILES string of the molecule is Cc1cc(C)c(NC(=O)C[NH+]2CCC(c3nc4ccccc4s3)CC2)c(C)c1. The van der Waals surface area contributed by atoms with Crippen LogP contribution in [0.3, 0.4) is 0 Å². The first-order chi connectivity index (χ1) is 13.5. The van der Waals surface area contributed by atoms with Crippen LogP contribution in [0.2, 0.25) is 0 Å². The number of aromatic nitrogens is 1. The molecule has 5 heteroatoms. The average Bonchev–Trinajstić information content (AvgIpc) is 3.09. The van der Waals surface area contributed by atoms with Crippen LogP contribution in [0.1, 0.15) is 40.5 Å². The summed E-state index contributed by atoms with van der Waals surface area (Å²) in [6, 6.07) is 12.6. The Hall–Kier alpha value is -2.24. The molecule has 0 aliphatic carbocycles. The Balaban J connectivity index is 1.33. The predicted molar refractivity (Wildman–Crippen MR) is 116 cm³/mol. The van der Waals surface area contributed by atoms with Gasteiger partial charge in [0, 0.05) is 24.4 Å². The van der Waals surface area contributed by atoms with E-state index in [9.17, 15) is 4.79 Å². The van der Waals surface area contributed by atoms with Crippen LogP contribution in [-0.4, -0.2) is 30.5 Å². The zero-order chi connectivity index (χ0) is 19.7. The minimum atomic E-state index is 0.114. The molecule has 1 aliphatic rings. The van der Waals surface area contributed by atoms with E-state index in [-0.39, 0.29) is 5.91 Å². The van der Waals surface area contributed by atoms with Gasteiger partial charge in [0.1, 0.15) is 0 Å². The molecule has 1 aromatic heterocycles. The number of nitrogens with one attached hydrogen (secondary N) is 2. The lowest BCUT2D eigenvalue weighted by Gasteiger charge is -2.28. The second-order valence-electron chi connectivity index (χ2n) is 8.04. The monoisotopic (exact) mass is 394 g/mol. The summed E-state index contributed by atoms with van der Waals surface area (Å²) in [5.74, 6) is 0.647. The number of likely N-dealkylation sites (tertiary alicyclic amines) is 1. The molecule has 0 bridgehead atoms. The number of aryl methyl sites for hydroxylation is 3. The molecule has 1 amide bonds. The summed E-state index contributed by atoms with van der Waals surface area (Å²) in [5, 5.41) is 4.40. The Kier molecular flexibility index (Phi) is 5.47. The molecule has 3 aromatic rings. The van der Waals surface area contributed by atoms with Gasteiger partial charge in [0.05, 0.1) is 28.3 Å². The Morgan fingerprint density at radius 3 is 2.50 bits per heavy atom. The molecule has 1 fully saturated rings. The third-order valence-electron chi connectivity index (χ3n) is 5.70. The van der Waals surface area contributed by atoms with E-state index in [2.05, 4.69) is 62.5 Å². The van der Waals surface area contributed by atoms with Gasteiger partial charge in [-0.3, -0.25) is 4.79 Å². The van der Waals surface area contributed by atoms with Crippen molar-refractivity contribution in [2.75, 3.05) is 25.0 Å². The number of rotatable bonds is 4. The quantitative estimate of drug-likeness (QED) is 0.710. The number of hydrogen-bond donors (Lipinski definition) is 2. The van der Waals surface area contributed by atoms with Gasteiger partial charge in [-0.05, 0) is 44.0 Å². The Morgan fingerprint density at radius 1 is 1.14 bits per heavy atom. The van der Waals surface area contributed by atoms with Crippen LogP contribution in [0.4, 0.5) is 5.69 Å². The maximum absolute atomic E-state index is 12.6. The van der Waals surface area contributed by atoms with Gasteiger partial charge in [-0.25, -0.2) is 4.98 Å². The standard InChI is InChI=1S/C23H27N3OS/c1-15-12-16(2)22(17(3)13-15)25-21(27)14-26-10-8-18(9-11-26)23-24-19-6-4-5-7-20(19)28-23/h4-7,12-13,18H,8-11,14H2,1-3H3,(H,25,27)/p+1. The lowest BCUT2D eigenvalue weighted by atomic mass is 9.97. The minimum absolute atomic E-state index is 0.114. The lowest BCUT2D eigenvalue weighted by molar-refractivity contribution is -0.897. The van der Waals surface area contributed by atoms with E-state index in [1.54, 1.807) is 0 Å². The van der Waals surface area contributed by atoms with Crippen molar-refractivity contribution in [1.29, 1.82) is 0 Å². The number of anilines is 1. The van der Waals surface area contributed by atoms with Crippen molar-refractivity contribution in [3.8, 4) is 0 Å². The summed E-state index contributed by atoms with van der Waals surface area (Å²) in [6.45, 7) is 8.81. The van der Waals surface area contributed by atoms with Crippen molar-refractivity contribution in [1.82, 2.24) is 4.98 Å². The van der Waals surface area contributed by atoms with Crippen LogP contribution in [-0.2, 0) is 4.79 Å². The van der Waals surface area contributed by atoms with Gasteiger partial charge in [-0.2, -0.15) is 0 Å². The molecule has 2 N–H and O–H groups in total. The van der Waals surface area contributed by atoms with Crippen LogP contribution >= 0.6 is 11.3 Å². The largest absolute Gasteiger partial charge is 0.327 e. The molecule has 0 atom stereocenters. The van der Waals surface area contributed by atoms with Crippen LogP contribution in [0.25, 0.3) is 10.2 Å². The van der Waals surface area contributed by atoms with E-state index >= 15 is 0 Å². The molecular formula is C23H28N3OS+. The van der Waals surface area contributed by atoms with Gasteiger partial charge in [-0.15, -0.1) is 11.3 Å². The third kappa shape index (κ3) is 4.10. The number of piperidine rings is 1. The van der Waals surface area contributed by atoms with E-state index in [0.29, 0.717) is 12.5 Å². The number of carbonyl (C=O) groups is 1. The van der Waals surface area contributed by atoms with E-state index in [1.807, 2.05) is 11.3 Å². The molecule has 146 valence electrons. The van der Waals surface area contributed by atoms with Crippen molar-refractivity contribution < 1.29 is 9.69 Å². The zero-order valence-electron chi connectivity index (χ0n) is 16.8. The van der Waals surface area contributed by atoms with Gasteiger partial charge < -0.3 is 10.2 Å². The number of fused-ring (bicyclic) bond motifs is 1. The second-order valence-corrected chi connectivity index (χ2v) is 9.10. The summed E-state index contributed by atoms with van der Waals surface area (Å²) in [6.07, 6.45) is 2.20. The van der Waals surface area contributed by atoms with Crippen molar-refractivity contribution in [2.45, 2.75) is 39.5 Å². The molecule has 4 rings (SSSR count). The van der Waals surface area contributed by atoms with Crippen molar-refractivity contribution in [3.05, 3.63) is 58.1 Å². The Morgan fingerprint density at radius 2 is 1.82 bits per heavy atom. The topological polar surface area (TPSA) is 46.4 Å². The molecule has 2 heterocycles. The highest BCUT2D eigenvalue weighted by atomic mass is 32.1. The van der Waals surface area contributed by atoms with Crippen LogP contribution in [0, 0.1) is 20.8 Å². The molecule has 0 unspecified atom stereocenters. The minimum Gasteiger partial charge on any atom is -0.327 e. The van der Waals surface area contributed by atoms with E-state index in [0.717, 1.165) is 48.3 Å². The number of nitrogens with zero attached hydrogens (tertiary/aromatic N) is 1. The molecule has 0 saturated carbocycles. The highest BCUT2D eigenvalue weighted by Crippen LogP contribution is 2.31. The summed E-state index contributed by atoms with van der Waals surface area (Å²) in [5.41, 5.74) is 5.58. The third-order valence-corrected chi connectivity index (χ3v) is 6.90. The number of thiazole rings is 1. The molecule has 1 aliphatic heterocycles. The fraction of sp³-hybridized carbons (Fsp3) is 0.391. The first kappa shape index (κ1) is 19.1. The predicted octanol–water partition coefficient (Wildman–Crippen LogP) is 3.62. The first-order valence-electron chi connectivity index (χ1n) is 10.1. The molecule has 2 aromatic carbocycles. The molecule has 4 nitrogen and oxygen atoms in total. The maximum atomic E-state index is 12.6. The molecular weight excluding hydrogens is 366 g/mol. The van der Waals surface area contributed by atoms with E-state index in [4.69, 9.17) is 4.98 Å². The fourth-order valence-corrected chi connectivity index (χ4v) is 5.44. The van der Waals surface area contributed by atoms with Crippen LogP contribution in [0.5, 0.6) is 0 Å². The number of quaternary nitrogens is 1. The van der Waals surface area contributed by atoms with Gasteiger partial charge in [0.15, 0.2) is 6.54 Å². The van der Waals surface area contributed by atoms with E-state index < -0.39 is 0 Å². The maximum Gasteiger partial charge on any atom is 0.279 e. The number of para-hydroxylation sites is 1. The zero-order valence-corrected chi connectivity index (χ0v) is 17.7.